The van der Waals surface area contributed by atoms with E-state index >= 15 is 0 Å². The number of aromatic amines is 1. The molecule has 0 bridgehead atoms. The van der Waals surface area contributed by atoms with Crippen LogP contribution in [0.4, 0.5) is 11.6 Å². The van der Waals surface area contributed by atoms with E-state index in [-0.39, 0.29) is 24.0 Å². The number of Topliss-reactive ketones (excluding diaryl/α,β-unsaturated/α-hetero) is 1. The van der Waals surface area contributed by atoms with Crippen LogP contribution in [0.25, 0.3) is 22.5 Å². The van der Waals surface area contributed by atoms with Gasteiger partial charge in [-0.2, -0.15) is 5.21 Å². The first-order chi connectivity index (χ1) is 22.1. The third kappa shape index (κ3) is 7.76. The van der Waals surface area contributed by atoms with Crippen LogP contribution in [0.2, 0.25) is 0 Å². The number of hydrogen-bond acceptors (Lipinski definition) is 10. The summed E-state index contributed by atoms with van der Waals surface area (Å²) in [7, 11) is 0. The smallest absolute Gasteiger partial charge is 0.228 e. The number of anilines is 2. The Hall–Kier alpha value is -4.55. The fraction of sp³-hybridized carbons (Fsp3) is 0.424. The van der Waals surface area contributed by atoms with Crippen molar-refractivity contribution in [2.45, 2.75) is 38.5 Å². The van der Waals surface area contributed by atoms with Crippen molar-refractivity contribution in [1.29, 1.82) is 0 Å². The molecule has 1 aliphatic carbocycles. The quantitative estimate of drug-likeness (QED) is 0.198. The topological polar surface area (TPSA) is 168 Å². The molecular weight excluding hydrogens is 568 g/mol. The second kappa shape index (κ2) is 14.5. The first kappa shape index (κ1) is 30.5. The maximum Gasteiger partial charge on any atom is 0.228 e. The SMILES string of the molecule is NCC1CCC(C(=O)C[C@@H](Cc2cccc(-c3cnc(N4CCNCC4)nc3)c2)C(=O)Nc2ccc(-c3nn[nH]n3)cc2)CC1. The molecule has 2 aromatic carbocycles. The van der Waals surface area contributed by atoms with E-state index in [9.17, 15) is 9.59 Å². The highest BCUT2D eigenvalue weighted by molar-refractivity contribution is 5.96. The molecule has 0 unspecified atom stereocenters. The Bertz CT molecular complexity index is 1550. The lowest BCUT2D eigenvalue weighted by Crippen LogP contribution is -2.44. The fourth-order valence-electron chi connectivity index (χ4n) is 6.28. The number of H-pyrrole nitrogens is 1. The molecule has 12 nitrogen and oxygen atoms in total. The number of benzene rings is 2. The maximum absolute atomic E-state index is 13.7. The monoisotopic (exact) mass is 608 g/mol. The highest BCUT2D eigenvalue weighted by Crippen LogP contribution is 2.31. The summed E-state index contributed by atoms with van der Waals surface area (Å²) in [5.41, 5.74) is 10.2. The van der Waals surface area contributed by atoms with Gasteiger partial charge in [0, 0.05) is 73.6 Å². The third-order valence-corrected chi connectivity index (χ3v) is 8.99. The molecule has 2 aliphatic rings. The highest BCUT2D eigenvalue weighted by atomic mass is 16.2. The van der Waals surface area contributed by atoms with E-state index in [1.54, 1.807) is 12.1 Å². The molecule has 6 rings (SSSR count). The van der Waals surface area contributed by atoms with Crippen LogP contribution in [-0.2, 0) is 16.0 Å². The lowest BCUT2D eigenvalue weighted by molar-refractivity contribution is -0.129. The number of piperazine rings is 1. The minimum absolute atomic E-state index is 0.0185. The second-order valence-electron chi connectivity index (χ2n) is 12.0. The van der Waals surface area contributed by atoms with Crippen LogP contribution in [0.15, 0.2) is 60.9 Å². The zero-order chi connectivity index (χ0) is 31.0. The molecule has 0 radical (unpaired) electrons. The van der Waals surface area contributed by atoms with Crippen molar-refractivity contribution in [2.24, 2.45) is 23.5 Å². The van der Waals surface area contributed by atoms with Gasteiger partial charge >= 0.3 is 0 Å². The van der Waals surface area contributed by atoms with Gasteiger partial charge in [0.25, 0.3) is 0 Å². The van der Waals surface area contributed by atoms with Crippen molar-refractivity contribution < 1.29 is 9.59 Å². The summed E-state index contributed by atoms with van der Waals surface area (Å²) in [5, 5.41) is 20.4. The summed E-state index contributed by atoms with van der Waals surface area (Å²) in [6.07, 6.45) is 7.95. The molecule has 0 spiro atoms. The first-order valence-electron chi connectivity index (χ1n) is 15.8. The average Bonchev–Trinajstić information content (AvgIpc) is 3.64. The van der Waals surface area contributed by atoms with Gasteiger partial charge in [-0.15, -0.1) is 10.2 Å². The number of ketones is 1. The fourth-order valence-corrected chi connectivity index (χ4v) is 6.28. The Morgan fingerprint density at radius 2 is 1.71 bits per heavy atom. The van der Waals surface area contributed by atoms with Gasteiger partial charge in [0.05, 0.1) is 0 Å². The number of nitrogens with zero attached hydrogens (tertiary/aromatic N) is 6. The normalized spacial score (nSPS) is 19.2. The Morgan fingerprint density at radius 3 is 2.40 bits per heavy atom. The molecule has 1 amide bonds. The zero-order valence-corrected chi connectivity index (χ0v) is 25.4. The largest absolute Gasteiger partial charge is 0.338 e. The number of hydrogen-bond donors (Lipinski definition) is 4. The number of aromatic nitrogens is 6. The summed E-state index contributed by atoms with van der Waals surface area (Å²) < 4.78 is 0. The molecule has 1 atom stereocenters. The molecular formula is C33H40N10O2. The van der Waals surface area contributed by atoms with E-state index in [1.807, 2.05) is 42.7 Å². The van der Waals surface area contributed by atoms with E-state index in [4.69, 9.17) is 5.73 Å². The molecule has 1 saturated heterocycles. The third-order valence-electron chi connectivity index (χ3n) is 8.99. The van der Waals surface area contributed by atoms with Crippen LogP contribution >= 0.6 is 0 Å². The molecule has 3 heterocycles. The first-order valence-corrected chi connectivity index (χ1v) is 15.8. The van der Waals surface area contributed by atoms with Crippen LogP contribution in [0.3, 0.4) is 0 Å². The standard InChI is InChI=1S/C33H40N10O2/c34-19-22-4-6-24(7-5-22)30(44)18-27(32(45)38-29-10-8-25(9-11-29)31-39-41-42-40-31)17-23-2-1-3-26(16-23)28-20-36-33(37-21-28)43-14-12-35-13-15-43/h1-3,8-11,16,20-22,24,27,35H,4-7,12-15,17-19,34H2,(H,38,45)(H,39,40,41,42)/t22?,24?,27-/m1/s1. The van der Waals surface area contributed by atoms with Gasteiger partial charge in [-0.05, 0) is 85.2 Å². The van der Waals surface area contributed by atoms with Gasteiger partial charge in [0.15, 0.2) is 0 Å². The number of nitrogens with one attached hydrogen (secondary N) is 3. The molecule has 45 heavy (non-hydrogen) atoms. The Morgan fingerprint density at radius 1 is 0.956 bits per heavy atom. The lowest BCUT2D eigenvalue weighted by atomic mass is 9.77. The molecule has 2 fully saturated rings. The summed E-state index contributed by atoms with van der Waals surface area (Å²) in [4.78, 5) is 38.7. The van der Waals surface area contributed by atoms with E-state index in [2.05, 4.69) is 52.2 Å². The van der Waals surface area contributed by atoms with E-state index < -0.39 is 5.92 Å². The van der Waals surface area contributed by atoms with Crippen LogP contribution in [0.1, 0.15) is 37.7 Å². The van der Waals surface area contributed by atoms with Crippen LogP contribution in [0.5, 0.6) is 0 Å². The summed E-state index contributed by atoms with van der Waals surface area (Å²) in [5.74, 6) is 1.13. The van der Waals surface area contributed by atoms with E-state index in [0.29, 0.717) is 30.4 Å². The number of rotatable bonds is 11. The Labute approximate surface area is 262 Å². The van der Waals surface area contributed by atoms with Crippen molar-refractivity contribution in [2.75, 3.05) is 42.9 Å². The number of carbonyl (C=O) groups excluding carboxylic acids is 2. The minimum atomic E-state index is -0.525. The number of carbonyl (C=O) groups is 2. The van der Waals surface area contributed by atoms with Crippen molar-refractivity contribution in [3.63, 3.8) is 0 Å². The van der Waals surface area contributed by atoms with Gasteiger partial charge in [-0.25, -0.2) is 9.97 Å². The second-order valence-corrected chi connectivity index (χ2v) is 12.0. The number of amides is 1. The predicted octanol–water partition coefficient (Wildman–Crippen LogP) is 3.26. The van der Waals surface area contributed by atoms with Gasteiger partial charge in [0.1, 0.15) is 5.78 Å². The van der Waals surface area contributed by atoms with E-state index in [1.165, 1.54) is 0 Å². The van der Waals surface area contributed by atoms with Gasteiger partial charge < -0.3 is 21.3 Å². The molecule has 12 heteroatoms. The molecule has 2 aromatic heterocycles. The number of tetrazole rings is 1. The Balaban J connectivity index is 1.17. The Kier molecular flexibility index (Phi) is 9.81. The minimum Gasteiger partial charge on any atom is -0.338 e. The molecule has 1 saturated carbocycles. The van der Waals surface area contributed by atoms with Gasteiger partial charge in [-0.3, -0.25) is 9.59 Å². The van der Waals surface area contributed by atoms with Crippen molar-refractivity contribution in [3.05, 3.63) is 66.5 Å². The van der Waals surface area contributed by atoms with Crippen molar-refractivity contribution in [3.8, 4) is 22.5 Å². The van der Waals surface area contributed by atoms with Gasteiger partial charge in [0.2, 0.25) is 17.7 Å². The lowest BCUT2D eigenvalue weighted by Gasteiger charge is -2.28. The van der Waals surface area contributed by atoms with E-state index in [0.717, 1.165) is 80.1 Å². The van der Waals surface area contributed by atoms with Crippen molar-refractivity contribution in [1.82, 2.24) is 35.9 Å². The van der Waals surface area contributed by atoms with Crippen molar-refractivity contribution >= 4 is 23.3 Å². The zero-order valence-electron chi connectivity index (χ0n) is 25.4. The van der Waals surface area contributed by atoms with Crippen LogP contribution in [-0.4, -0.2) is 75.0 Å². The van der Waals surface area contributed by atoms with Crippen LogP contribution < -0.4 is 21.3 Å². The molecule has 4 aromatic rings. The molecule has 5 N–H and O–H groups in total. The highest BCUT2D eigenvalue weighted by Gasteiger charge is 2.30. The maximum atomic E-state index is 13.7. The summed E-state index contributed by atoms with van der Waals surface area (Å²) in [6, 6.07) is 15.4. The van der Waals surface area contributed by atoms with Gasteiger partial charge in [-0.1, -0.05) is 24.3 Å². The summed E-state index contributed by atoms with van der Waals surface area (Å²) >= 11 is 0. The number of nitrogens with two attached hydrogens (primary N) is 1. The average molecular weight is 609 g/mol. The molecule has 1 aliphatic heterocycles. The predicted molar refractivity (Wildman–Crippen MR) is 172 cm³/mol. The summed E-state index contributed by atoms with van der Waals surface area (Å²) in [6.45, 7) is 4.27. The molecule has 234 valence electrons. The van der Waals surface area contributed by atoms with Crippen LogP contribution in [0, 0.1) is 17.8 Å².